The molecular formula is C13H17BrN2O3. The number of methoxy groups -OCH3 is 1. The number of carbonyl (C=O) groups excluding carboxylic acids is 1. The topological polar surface area (TPSA) is 73.6 Å². The molecular weight excluding hydrogens is 312 g/mol. The number of nitrogens with two attached hydrogens (primary N) is 1. The lowest BCUT2D eigenvalue weighted by atomic mass is 10.0. The Labute approximate surface area is 120 Å². The molecule has 2 unspecified atom stereocenters. The summed E-state index contributed by atoms with van der Waals surface area (Å²) in [4.78, 5) is 11.9. The van der Waals surface area contributed by atoms with E-state index in [-0.39, 0.29) is 18.6 Å². The van der Waals surface area contributed by atoms with Gasteiger partial charge in [-0.2, -0.15) is 0 Å². The number of halogens is 1. The maximum absolute atomic E-state index is 11.9. The van der Waals surface area contributed by atoms with Crippen molar-refractivity contribution in [3.63, 3.8) is 0 Å². The van der Waals surface area contributed by atoms with E-state index in [2.05, 4.69) is 21.2 Å². The van der Waals surface area contributed by atoms with Crippen LogP contribution in [0.25, 0.3) is 0 Å². The summed E-state index contributed by atoms with van der Waals surface area (Å²) < 4.78 is 11.4. The summed E-state index contributed by atoms with van der Waals surface area (Å²) in [7, 11) is 1.52. The lowest BCUT2D eigenvalue weighted by Crippen LogP contribution is -2.45. The van der Waals surface area contributed by atoms with E-state index in [0.717, 1.165) is 22.2 Å². The molecule has 0 aromatic heterocycles. The second-order valence-electron chi connectivity index (χ2n) is 4.44. The number of rotatable bonds is 4. The quantitative estimate of drug-likeness (QED) is 0.875. The van der Waals surface area contributed by atoms with Gasteiger partial charge >= 0.3 is 0 Å². The highest BCUT2D eigenvalue weighted by Crippen LogP contribution is 2.34. The zero-order valence-electron chi connectivity index (χ0n) is 10.7. The van der Waals surface area contributed by atoms with Crippen molar-refractivity contribution in [2.75, 3.05) is 20.3 Å². The van der Waals surface area contributed by atoms with E-state index < -0.39 is 6.04 Å². The molecule has 1 aromatic rings. The molecule has 2 atom stereocenters. The Morgan fingerprint density at radius 3 is 3.21 bits per heavy atom. The molecule has 0 aliphatic carbocycles. The highest BCUT2D eigenvalue weighted by molar-refractivity contribution is 9.10. The monoisotopic (exact) mass is 328 g/mol. The zero-order valence-corrected chi connectivity index (χ0v) is 12.3. The van der Waals surface area contributed by atoms with Gasteiger partial charge in [0.2, 0.25) is 5.91 Å². The maximum Gasteiger partial charge on any atom is 0.239 e. The SMILES string of the molecule is COCC(N)C(=O)NC1CCOc2ccc(Br)cc21. The normalized spacial score (nSPS) is 19.2. The van der Waals surface area contributed by atoms with Crippen LogP contribution in [0.2, 0.25) is 0 Å². The fourth-order valence-electron chi connectivity index (χ4n) is 2.05. The van der Waals surface area contributed by atoms with Gasteiger partial charge < -0.3 is 20.5 Å². The van der Waals surface area contributed by atoms with Crippen LogP contribution >= 0.6 is 15.9 Å². The Morgan fingerprint density at radius 1 is 1.68 bits per heavy atom. The summed E-state index contributed by atoms with van der Waals surface area (Å²) in [6.07, 6.45) is 0.731. The third kappa shape index (κ3) is 3.46. The molecule has 0 saturated carbocycles. The van der Waals surface area contributed by atoms with E-state index in [0.29, 0.717) is 6.61 Å². The van der Waals surface area contributed by atoms with Gasteiger partial charge in [0, 0.05) is 23.6 Å². The molecule has 5 nitrogen and oxygen atoms in total. The van der Waals surface area contributed by atoms with Gasteiger partial charge in [-0.3, -0.25) is 4.79 Å². The van der Waals surface area contributed by atoms with Crippen molar-refractivity contribution in [2.45, 2.75) is 18.5 Å². The van der Waals surface area contributed by atoms with Crippen molar-refractivity contribution in [2.24, 2.45) is 5.73 Å². The van der Waals surface area contributed by atoms with Crippen molar-refractivity contribution in [3.05, 3.63) is 28.2 Å². The number of fused-ring (bicyclic) bond motifs is 1. The van der Waals surface area contributed by atoms with Crippen LogP contribution in [-0.2, 0) is 9.53 Å². The van der Waals surface area contributed by atoms with E-state index >= 15 is 0 Å². The summed E-state index contributed by atoms with van der Waals surface area (Å²) in [6.45, 7) is 0.791. The van der Waals surface area contributed by atoms with Crippen LogP contribution in [0.15, 0.2) is 22.7 Å². The Morgan fingerprint density at radius 2 is 2.47 bits per heavy atom. The largest absolute Gasteiger partial charge is 0.493 e. The highest BCUT2D eigenvalue weighted by atomic mass is 79.9. The molecule has 1 heterocycles. The molecule has 6 heteroatoms. The molecule has 0 saturated heterocycles. The molecule has 2 rings (SSSR count). The van der Waals surface area contributed by atoms with Crippen LogP contribution in [0.1, 0.15) is 18.0 Å². The van der Waals surface area contributed by atoms with Crippen LogP contribution in [0.3, 0.4) is 0 Å². The summed E-state index contributed by atoms with van der Waals surface area (Å²) in [5.41, 5.74) is 6.69. The number of amides is 1. The third-order valence-electron chi connectivity index (χ3n) is 3.01. The molecule has 1 amide bonds. The first-order chi connectivity index (χ1) is 9.11. The van der Waals surface area contributed by atoms with Crippen LogP contribution in [0.4, 0.5) is 0 Å². The number of hydrogen-bond donors (Lipinski definition) is 2. The van der Waals surface area contributed by atoms with E-state index in [4.69, 9.17) is 15.2 Å². The second kappa shape index (κ2) is 6.36. The molecule has 3 N–H and O–H groups in total. The van der Waals surface area contributed by atoms with Gasteiger partial charge in [0.15, 0.2) is 0 Å². The minimum atomic E-state index is -0.650. The summed E-state index contributed by atoms with van der Waals surface area (Å²) in [6, 6.07) is 5.05. The van der Waals surface area contributed by atoms with Gasteiger partial charge in [0.25, 0.3) is 0 Å². The van der Waals surface area contributed by atoms with Gasteiger partial charge in [-0.15, -0.1) is 0 Å². The minimum absolute atomic E-state index is 0.0725. The van der Waals surface area contributed by atoms with Gasteiger partial charge in [0.1, 0.15) is 11.8 Å². The van der Waals surface area contributed by atoms with Crippen molar-refractivity contribution in [3.8, 4) is 5.75 Å². The van der Waals surface area contributed by atoms with Crippen molar-refractivity contribution >= 4 is 21.8 Å². The number of carbonyl (C=O) groups is 1. The third-order valence-corrected chi connectivity index (χ3v) is 3.50. The molecule has 1 aliphatic rings. The minimum Gasteiger partial charge on any atom is -0.493 e. The molecule has 0 bridgehead atoms. The van der Waals surface area contributed by atoms with Crippen molar-refractivity contribution in [1.82, 2.24) is 5.32 Å². The Bertz CT molecular complexity index is 467. The van der Waals surface area contributed by atoms with Crippen LogP contribution < -0.4 is 15.8 Å². The first kappa shape index (κ1) is 14.3. The van der Waals surface area contributed by atoms with E-state index in [1.807, 2.05) is 18.2 Å². The molecule has 0 radical (unpaired) electrons. The molecule has 0 spiro atoms. The Kier molecular flexibility index (Phi) is 4.79. The average Bonchev–Trinajstić information content (AvgIpc) is 2.39. The predicted molar refractivity (Wildman–Crippen MR) is 75.0 cm³/mol. The summed E-state index contributed by atoms with van der Waals surface area (Å²) in [5, 5.41) is 2.94. The summed E-state index contributed by atoms with van der Waals surface area (Å²) >= 11 is 3.42. The number of ether oxygens (including phenoxy) is 2. The number of hydrogen-bond acceptors (Lipinski definition) is 4. The fourth-order valence-corrected chi connectivity index (χ4v) is 2.43. The molecule has 0 fully saturated rings. The lowest BCUT2D eigenvalue weighted by Gasteiger charge is -2.27. The predicted octanol–water partition coefficient (Wildman–Crippen LogP) is 1.36. The highest BCUT2D eigenvalue weighted by Gasteiger charge is 2.25. The summed E-state index contributed by atoms with van der Waals surface area (Å²) in [5.74, 6) is 0.597. The smallest absolute Gasteiger partial charge is 0.239 e. The maximum atomic E-state index is 11.9. The van der Waals surface area contributed by atoms with Gasteiger partial charge in [-0.1, -0.05) is 15.9 Å². The Hall–Kier alpha value is -1.11. The molecule has 1 aromatic carbocycles. The molecule has 1 aliphatic heterocycles. The van der Waals surface area contributed by atoms with Crippen LogP contribution in [-0.4, -0.2) is 32.3 Å². The fraction of sp³-hybridized carbons (Fsp3) is 0.462. The van der Waals surface area contributed by atoms with Gasteiger partial charge in [-0.05, 0) is 18.2 Å². The van der Waals surface area contributed by atoms with Crippen LogP contribution in [0.5, 0.6) is 5.75 Å². The molecule has 19 heavy (non-hydrogen) atoms. The lowest BCUT2D eigenvalue weighted by molar-refractivity contribution is -0.124. The number of benzene rings is 1. The zero-order chi connectivity index (χ0) is 13.8. The number of nitrogens with one attached hydrogen (secondary N) is 1. The second-order valence-corrected chi connectivity index (χ2v) is 5.36. The van der Waals surface area contributed by atoms with E-state index in [1.165, 1.54) is 7.11 Å². The Balaban J connectivity index is 2.11. The van der Waals surface area contributed by atoms with Gasteiger partial charge in [0.05, 0.1) is 19.3 Å². The van der Waals surface area contributed by atoms with E-state index in [9.17, 15) is 4.79 Å². The standard InChI is InChI=1S/C13H17BrN2O3/c1-18-7-10(15)13(17)16-11-4-5-19-12-3-2-8(14)6-9(11)12/h2-3,6,10-11H,4-5,7,15H2,1H3,(H,16,17). The van der Waals surface area contributed by atoms with Crippen molar-refractivity contribution < 1.29 is 14.3 Å². The first-order valence-corrected chi connectivity index (χ1v) is 6.88. The average molecular weight is 329 g/mol. The molecule has 104 valence electrons. The van der Waals surface area contributed by atoms with Gasteiger partial charge in [-0.25, -0.2) is 0 Å². The van der Waals surface area contributed by atoms with Crippen molar-refractivity contribution in [1.29, 1.82) is 0 Å². The first-order valence-electron chi connectivity index (χ1n) is 6.09. The van der Waals surface area contributed by atoms with E-state index in [1.54, 1.807) is 0 Å². The van der Waals surface area contributed by atoms with Crippen LogP contribution in [0, 0.1) is 0 Å².